The lowest BCUT2D eigenvalue weighted by Gasteiger charge is -2.56. The molecule has 2 aromatic heterocycles. The van der Waals surface area contributed by atoms with E-state index in [1.54, 1.807) is 0 Å². The standard InChI is InChI=1S/C29H37N6O/c1-2-26-32-18-22(33-26)17-30-8-9-31-27-7-6-23-24(34-27)4-3-5-25(23)35-28(36)16-29-13-19-10-20(14-29)12-21(11-19)15-29/h3-7,17-21,30H,2,8-16H2,1H3,(H,31,34)(H,32,33)(H,35,36). The molecular weight excluding hydrogens is 448 g/mol. The Morgan fingerprint density at radius 1 is 1.08 bits per heavy atom. The third kappa shape index (κ3) is 4.99. The van der Waals surface area contributed by atoms with Gasteiger partial charge in [0.25, 0.3) is 0 Å². The van der Waals surface area contributed by atoms with Gasteiger partial charge in [-0.15, -0.1) is 0 Å². The normalized spacial score (nSPS) is 26.4. The van der Waals surface area contributed by atoms with Gasteiger partial charge in [0.1, 0.15) is 11.6 Å². The second-order valence-corrected chi connectivity index (χ2v) is 11.4. The summed E-state index contributed by atoms with van der Waals surface area (Å²) >= 11 is 0. The molecule has 4 aliphatic rings. The van der Waals surface area contributed by atoms with Gasteiger partial charge in [0.05, 0.1) is 23.4 Å². The Morgan fingerprint density at radius 3 is 2.58 bits per heavy atom. The van der Waals surface area contributed by atoms with Crippen molar-refractivity contribution in [2.45, 2.75) is 58.3 Å². The third-order valence-corrected chi connectivity index (χ3v) is 8.52. The number of H-pyrrole nitrogens is 1. The molecule has 0 aliphatic heterocycles. The minimum atomic E-state index is 0.164. The number of nitrogens with zero attached hydrogens (tertiary/aromatic N) is 2. The van der Waals surface area contributed by atoms with Gasteiger partial charge in [-0.3, -0.25) is 4.79 Å². The zero-order chi connectivity index (χ0) is 24.5. The predicted molar refractivity (Wildman–Crippen MR) is 143 cm³/mol. The number of carbonyl (C=O) groups excluding carboxylic acids is 1. The van der Waals surface area contributed by atoms with Crippen molar-refractivity contribution in [3.05, 3.63) is 54.6 Å². The van der Waals surface area contributed by atoms with Gasteiger partial charge in [-0.05, 0) is 86.0 Å². The molecular formula is C29H37N6O. The molecule has 3 aromatic rings. The number of carbonyl (C=O) groups is 1. The van der Waals surface area contributed by atoms with Crippen LogP contribution in [0.25, 0.3) is 10.9 Å². The summed E-state index contributed by atoms with van der Waals surface area (Å²) in [5.74, 6) is 4.58. The molecule has 1 amide bonds. The number of hydrogen-bond acceptors (Lipinski definition) is 5. The van der Waals surface area contributed by atoms with Crippen molar-refractivity contribution in [3.63, 3.8) is 0 Å². The highest BCUT2D eigenvalue weighted by Gasteiger charge is 2.51. The third-order valence-electron chi connectivity index (χ3n) is 8.52. The number of aryl methyl sites for hydroxylation is 1. The summed E-state index contributed by atoms with van der Waals surface area (Å²) in [7, 11) is 0. The Balaban J connectivity index is 1.03. The van der Waals surface area contributed by atoms with Crippen LogP contribution in [0, 0.1) is 29.7 Å². The summed E-state index contributed by atoms with van der Waals surface area (Å²) in [5.41, 5.74) is 2.98. The van der Waals surface area contributed by atoms with E-state index in [1.807, 2.05) is 37.0 Å². The van der Waals surface area contributed by atoms with Crippen molar-refractivity contribution < 1.29 is 4.79 Å². The lowest BCUT2D eigenvalue weighted by Crippen LogP contribution is -2.47. The molecule has 7 rings (SSSR count). The number of aromatic amines is 1. The van der Waals surface area contributed by atoms with E-state index in [-0.39, 0.29) is 11.3 Å². The van der Waals surface area contributed by atoms with Gasteiger partial charge in [0.2, 0.25) is 5.91 Å². The van der Waals surface area contributed by atoms with Crippen molar-refractivity contribution >= 4 is 28.3 Å². The van der Waals surface area contributed by atoms with E-state index in [0.717, 1.165) is 71.2 Å². The number of fused-ring (bicyclic) bond motifs is 1. The van der Waals surface area contributed by atoms with Crippen LogP contribution < -0.4 is 16.0 Å². The van der Waals surface area contributed by atoms with E-state index < -0.39 is 0 Å². The second kappa shape index (κ2) is 9.85. The van der Waals surface area contributed by atoms with Crippen LogP contribution >= 0.6 is 0 Å². The van der Waals surface area contributed by atoms with Crippen LogP contribution in [-0.2, 0) is 11.2 Å². The first kappa shape index (κ1) is 23.5. The first-order valence-electron chi connectivity index (χ1n) is 13.6. The van der Waals surface area contributed by atoms with Crippen LogP contribution in [-0.4, -0.2) is 33.9 Å². The van der Waals surface area contributed by atoms with E-state index >= 15 is 0 Å². The Kier molecular flexibility index (Phi) is 6.42. The number of imidazole rings is 1. The van der Waals surface area contributed by atoms with Crippen LogP contribution in [0.15, 0.2) is 36.5 Å². The molecule has 0 unspecified atom stereocenters. The molecule has 4 aliphatic carbocycles. The number of rotatable bonds is 10. The number of aromatic nitrogens is 3. The first-order chi connectivity index (χ1) is 17.6. The highest BCUT2D eigenvalue weighted by molar-refractivity contribution is 6.01. The van der Waals surface area contributed by atoms with Gasteiger partial charge in [-0.2, -0.15) is 0 Å². The largest absolute Gasteiger partial charge is 0.369 e. The average Bonchev–Trinajstić information content (AvgIpc) is 3.31. The maximum Gasteiger partial charge on any atom is 0.224 e. The number of anilines is 2. The fraction of sp³-hybridized carbons (Fsp3) is 0.517. The topological polar surface area (TPSA) is 94.7 Å². The number of hydrogen-bond donors (Lipinski definition) is 4. The summed E-state index contributed by atoms with van der Waals surface area (Å²) in [6, 6.07) is 10.0. The summed E-state index contributed by atoms with van der Waals surface area (Å²) in [6.45, 7) is 5.53. The molecule has 4 N–H and O–H groups in total. The average molecular weight is 486 g/mol. The zero-order valence-electron chi connectivity index (χ0n) is 21.1. The molecule has 0 atom stereocenters. The zero-order valence-corrected chi connectivity index (χ0v) is 21.1. The molecule has 7 nitrogen and oxygen atoms in total. The van der Waals surface area contributed by atoms with Gasteiger partial charge in [-0.1, -0.05) is 13.0 Å². The van der Waals surface area contributed by atoms with E-state index in [2.05, 4.69) is 38.9 Å². The number of nitrogens with one attached hydrogen (secondary N) is 4. The summed E-state index contributed by atoms with van der Waals surface area (Å²) in [4.78, 5) is 25.5. The Bertz CT molecular complexity index is 1200. The highest BCUT2D eigenvalue weighted by Crippen LogP contribution is 2.61. The number of amides is 1. The predicted octanol–water partition coefficient (Wildman–Crippen LogP) is 5.28. The molecule has 1 aromatic carbocycles. The van der Waals surface area contributed by atoms with Crippen molar-refractivity contribution in [1.82, 2.24) is 20.3 Å². The minimum absolute atomic E-state index is 0.164. The Morgan fingerprint density at radius 2 is 1.86 bits per heavy atom. The summed E-state index contributed by atoms with van der Waals surface area (Å²) in [5, 5.41) is 10.9. The Hall–Kier alpha value is -2.93. The van der Waals surface area contributed by atoms with Crippen LogP contribution in [0.2, 0.25) is 0 Å². The lowest BCUT2D eigenvalue weighted by atomic mass is 9.49. The molecule has 7 heteroatoms. The maximum atomic E-state index is 13.2. The number of pyridine rings is 1. The van der Waals surface area contributed by atoms with Crippen LogP contribution in [0.1, 0.15) is 63.4 Å². The molecule has 0 spiro atoms. The second-order valence-electron chi connectivity index (χ2n) is 11.4. The number of benzene rings is 1. The van der Waals surface area contributed by atoms with Crippen molar-refractivity contribution in [1.29, 1.82) is 0 Å². The highest BCUT2D eigenvalue weighted by atomic mass is 16.1. The van der Waals surface area contributed by atoms with Gasteiger partial charge in [-0.25, -0.2) is 9.97 Å². The fourth-order valence-corrected chi connectivity index (χ4v) is 7.48. The molecule has 2 heterocycles. The van der Waals surface area contributed by atoms with E-state index in [1.165, 1.54) is 38.5 Å². The fourth-order valence-electron chi connectivity index (χ4n) is 7.48. The summed E-state index contributed by atoms with van der Waals surface area (Å²) < 4.78 is 0. The monoisotopic (exact) mass is 485 g/mol. The van der Waals surface area contributed by atoms with Gasteiger partial charge >= 0.3 is 0 Å². The maximum absolute atomic E-state index is 13.2. The van der Waals surface area contributed by atoms with Crippen LogP contribution in [0.5, 0.6) is 0 Å². The molecule has 4 saturated carbocycles. The molecule has 189 valence electrons. The Labute approximate surface area is 213 Å². The summed E-state index contributed by atoms with van der Waals surface area (Å²) in [6.07, 6.45) is 11.4. The molecule has 36 heavy (non-hydrogen) atoms. The first-order valence-corrected chi connectivity index (χ1v) is 13.6. The van der Waals surface area contributed by atoms with E-state index in [4.69, 9.17) is 4.98 Å². The van der Waals surface area contributed by atoms with Crippen molar-refractivity contribution in [2.75, 3.05) is 23.7 Å². The van der Waals surface area contributed by atoms with Crippen LogP contribution in [0.4, 0.5) is 11.5 Å². The van der Waals surface area contributed by atoms with Gasteiger partial charge < -0.3 is 20.9 Å². The van der Waals surface area contributed by atoms with Crippen molar-refractivity contribution in [2.24, 2.45) is 23.2 Å². The van der Waals surface area contributed by atoms with Crippen molar-refractivity contribution in [3.8, 4) is 0 Å². The van der Waals surface area contributed by atoms with Crippen LogP contribution in [0.3, 0.4) is 0 Å². The van der Waals surface area contributed by atoms with E-state index in [0.29, 0.717) is 6.42 Å². The quantitative estimate of drug-likeness (QED) is 0.293. The molecule has 4 fully saturated rings. The molecule has 1 radical (unpaired) electrons. The lowest BCUT2D eigenvalue weighted by molar-refractivity contribution is -0.124. The van der Waals surface area contributed by atoms with Gasteiger partial charge in [0, 0.05) is 37.5 Å². The SMILES string of the molecule is CCc1ncc([CH]NCCNc2ccc3c(NC(=O)CC45CC6CC(CC(C6)C4)C5)cccc3n2)[nH]1. The van der Waals surface area contributed by atoms with E-state index in [9.17, 15) is 4.79 Å². The smallest absolute Gasteiger partial charge is 0.224 e. The minimum Gasteiger partial charge on any atom is -0.369 e. The molecule has 4 bridgehead atoms. The van der Waals surface area contributed by atoms with Gasteiger partial charge in [0.15, 0.2) is 0 Å². The molecule has 0 saturated heterocycles.